The van der Waals surface area contributed by atoms with Gasteiger partial charge >= 0.3 is 0 Å². The van der Waals surface area contributed by atoms with E-state index in [1.54, 1.807) is 0 Å². The smallest absolute Gasteiger partial charge is 0.276 e. The number of rotatable bonds is 2. The molecular weight excluding hydrogens is 320 g/mol. The molecule has 1 aromatic heterocycles. The minimum absolute atomic E-state index is 0.0520. The van der Waals surface area contributed by atoms with Crippen molar-refractivity contribution in [2.75, 3.05) is 18.8 Å². The molecule has 126 valence electrons. The van der Waals surface area contributed by atoms with Crippen molar-refractivity contribution in [3.63, 3.8) is 0 Å². The van der Waals surface area contributed by atoms with Crippen molar-refractivity contribution in [2.45, 2.75) is 37.4 Å². The van der Waals surface area contributed by atoms with Gasteiger partial charge in [0.2, 0.25) is 0 Å². The molecule has 1 fully saturated rings. The number of aryl methyl sites for hydroxylation is 1. The SMILES string of the molecule is O=C(c1noc2c1CCCC2)N1CCSC(c2ccccc2)CC1. The largest absolute Gasteiger partial charge is 0.360 e. The number of hydrogen-bond acceptors (Lipinski definition) is 4. The third kappa shape index (κ3) is 3.09. The third-order valence-corrected chi connectivity index (χ3v) is 6.28. The number of benzene rings is 1. The van der Waals surface area contributed by atoms with E-state index in [0.717, 1.165) is 62.3 Å². The predicted molar refractivity (Wildman–Crippen MR) is 95.3 cm³/mol. The summed E-state index contributed by atoms with van der Waals surface area (Å²) >= 11 is 1.95. The third-order valence-electron chi connectivity index (χ3n) is 4.95. The fourth-order valence-corrected chi connectivity index (χ4v) is 4.84. The molecule has 0 spiro atoms. The van der Waals surface area contributed by atoms with Gasteiger partial charge in [0.05, 0.1) is 0 Å². The molecule has 1 saturated heterocycles. The van der Waals surface area contributed by atoms with Crippen LogP contribution >= 0.6 is 11.8 Å². The molecule has 1 aromatic carbocycles. The molecule has 0 saturated carbocycles. The van der Waals surface area contributed by atoms with Crippen molar-refractivity contribution in [1.29, 1.82) is 0 Å². The van der Waals surface area contributed by atoms with Crippen molar-refractivity contribution in [3.05, 3.63) is 52.9 Å². The number of amides is 1. The Bertz CT molecular complexity index is 713. The van der Waals surface area contributed by atoms with Crippen molar-refractivity contribution in [1.82, 2.24) is 10.1 Å². The van der Waals surface area contributed by atoms with E-state index in [2.05, 4.69) is 35.5 Å². The number of aromatic nitrogens is 1. The summed E-state index contributed by atoms with van der Waals surface area (Å²) in [5.74, 6) is 1.94. The molecule has 5 heteroatoms. The average Bonchev–Trinajstić information content (AvgIpc) is 2.91. The van der Waals surface area contributed by atoms with E-state index >= 15 is 0 Å². The summed E-state index contributed by atoms with van der Waals surface area (Å²) in [5.41, 5.74) is 2.98. The highest BCUT2D eigenvalue weighted by atomic mass is 32.2. The molecule has 2 aliphatic rings. The average molecular weight is 342 g/mol. The highest BCUT2D eigenvalue weighted by Crippen LogP contribution is 2.34. The lowest BCUT2D eigenvalue weighted by Crippen LogP contribution is -2.34. The molecule has 1 atom stereocenters. The Morgan fingerprint density at radius 1 is 1.17 bits per heavy atom. The first kappa shape index (κ1) is 15.8. The van der Waals surface area contributed by atoms with E-state index in [0.29, 0.717) is 10.9 Å². The lowest BCUT2D eigenvalue weighted by molar-refractivity contribution is 0.0755. The van der Waals surface area contributed by atoms with Crippen LogP contribution in [0.15, 0.2) is 34.9 Å². The summed E-state index contributed by atoms with van der Waals surface area (Å²) in [6, 6.07) is 10.6. The zero-order valence-corrected chi connectivity index (χ0v) is 14.6. The van der Waals surface area contributed by atoms with Gasteiger partial charge in [0.15, 0.2) is 5.69 Å². The summed E-state index contributed by atoms with van der Waals surface area (Å²) in [7, 11) is 0. The lowest BCUT2D eigenvalue weighted by atomic mass is 9.96. The Hall–Kier alpha value is -1.75. The summed E-state index contributed by atoms with van der Waals surface area (Å²) < 4.78 is 5.42. The molecule has 24 heavy (non-hydrogen) atoms. The van der Waals surface area contributed by atoms with Crippen molar-refractivity contribution < 1.29 is 9.32 Å². The van der Waals surface area contributed by atoms with Crippen molar-refractivity contribution >= 4 is 17.7 Å². The van der Waals surface area contributed by atoms with Crippen LogP contribution in [0.2, 0.25) is 0 Å². The standard InChI is InChI=1S/C19H22N2O2S/c22-19(18-15-8-4-5-9-16(15)23-20-18)21-11-10-17(24-13-12-21)14-6-2-1-3-7-14/h1-3,6-7,17H,4-5,8-13H2. The first-order valence-electron chi connectivity index (χ1n) is 8.76. The van der Waals surface area contributed by atoms with Gasteiger partial charge in [0.25, 0.3) is 5.91 Å². The number of fused-ring (bicyclic) bond motifs is 1. The molecule has 2 aromatic rings. The normalized spacial score (nSPS) is 21.2. The summed E-state index contributed by atoms with van der Waals surface area (Å²) in [5, 5.41) is 4.58. The van der Waals surface area contributed by atoms with Crippen LogP contribution in [0.3, 0.4) is 0 Å². The Kier molecular flexibility index (Phi) is 4.60. The Labute approximate surface area is 146 Å². The maximum Gasteiger partial charge on any atom is 0.276 e. The van der Waals surface area contributed by atoms with Crippen LogP contribution in [-0.4, -0.2) is 34.8 Å². The van der Waals surface area contributed by atoms with Gasteiger partial charge in [-0.1, -0.05) is 35.5 Å². The van der Waals surface area contributed by atoms with Gasteiger partial charge in [-0.15, -0.1) is 0 Å². The van der Waals surface area contributed by atoms with Crippen molar-refractivity contribution in [2.24, 2.45) is 0 Å². The maximum absolute atomic E-state index is 12.9. The van der Waals surface area contributed by atoms with Crippen LogP contribution in [0.5, 0.6) is 0 Å². The Balaban J connectivity index is 1.47. The van der Waals surface area contributed by atoms with Gasteiger partial charge in [0.1, 0.15) is 5.76 Å². The molecule has 0 N–H and O–H groups in total. The second-order valence-electron chi connectivity index (χ2n) is 6.49. The molecule has 4 rings (SSSR count). The topological polar surface area (TPSA) is 46.3 Å². The van der Waals surface area contributed by atoms with E-state index in [9.17, 15) is 4.79 Å². The van der Waals surface area contributed by atoms with Gasteiger partial charge in [0, 0.05) is 36.1 Å². The van der Waals surface area contributed by atoms with Crippen LogP contribution in [0.4, 0.5) is 0 Å². The minimum Gasteiger partial charge on any atom is -0.360 e. The monoisotopic (exact) mass is 342 g/mol. The summed E-state index contributed by atoms with van der Waals surface area (Å²) in [6.07, 6.45) is 5.09. The van der Waals surface area contributed by atoms with Crippen LogP contribution in [0.25, 0.3) is 0 Å². The fourth-order valence-electron chi connectivity index (χ4n) is 3.61. The van der Waals surface area contributed by atoms with Crippen LogP contribution in [-0.2, 0) is 12.8 Å². The predicted octanol–water partition coefficient (Wildman–Crippen LogP) is 3.87. The van der Waals surface area contributed by atoms with Gasteiger partial charge < -0.3 is 9.42 Å². The molecule has 1 unspecified atom stereocenters. The number of carbonyl (C=O) groups excluding carboxylic acids is 1. The maximum atomic E-state index is 12.9. The van der Waals surface area contributed by atoms with Crippen LogP contribution in [0, 0.1) is 0 Å². The second-order valence-corrected chi connectivity index (χ2v) is 7.80. The molecule has 1 aliphatic carbocycles. The quantitative estimate of drug-likeness (QED) is 0.831. The first-order chi connectivity index (χ1) is 11.8. The van der Waals surface area contributed by atoms with Crippen LogP contribution in [0.1, 0.15) is 51.9 Å². The lowest BCUT2D eigenvalue weighted by Gasteiger charge is -2.20. The zero-order valence-electron chi connectivity index (χ0n) is 13.7. The molecule has 2 heterocycles. The summed E-state index contributed by atoms with van der Waals surface area (Å²) in [4.78, 5) is 14.9. The van der Waals surface area contributed by atoms with Gasteiger partial charge in [-0.2, -0.15) is 11.8 Å². The fraction of sp³-hybridized carbons (Fsp3) is 0.474. The minimum atomic E-state index is 0.0520. The summed E-state index contributed by atoms with van der Waals surface area (Å²) in [6.45, 7) is 1.57. The van der Waals surface area contributed by atoms with E-state index in [4.69, 9.17) is 4.52 Å². The first-order valence-corrected chi connectivity index (χ1v) is 9.81. The van der Waals surface area contributed by atoms with E-state index in [1.807, 2.05) is 16.7 Å². The number of thioether (sulfide) groups is 1. The molecule has 1 aliphatic heterocycles. The van der Waals surface area contributed by atoms with Gasteiger partial charge in [-0.05, 0) is 31.2 Å². The Morgan fingerprint density at radius 3 is 2.88 bits per heavy atom. The number of carbonyl (C=O) groups is 1. The van der Waals surface area contributed by atoms with Gasteiger partial charge in [-0.3, -0.25) is 4.79 Å². The van der Waals surface area contributed by atoms with E-state index in [1.165, 1.54) is 5.56 Å². The zero-order chi connectivity index (χ0) is 16.4. The molecule has 0 radical (unpaired) electrons. The number of nitrogens with zero attached hydrogens (tertiary/aromatic N) is 2. The van der Waals surface area contributed by atoms with Gasteiger partial charge in [-0.25, -0.2) is 0 Å². The van der Waals surface area contributed by atoms with Crippen molar-refractivity contribution in [3.8, 4) is 0 Å². The van der Waals surface area contributed by atoms with Crippen LogP contribution < -0.4 is 0 Å². The van der Waals surface area contributed by atoms with E-state index in [-0.39, 0.29) is 5.91 Å². The molecule has 4 nitrogen and oxygen atoms in total. The number of hydrogen-bond donors (Lipinski definition) is 0. The highest BCUT2D eigenvalue weighted by molar-refractivity contribution is 7.99. The second kappa shape index (κ2) is 7.01. The highest BCUT2D eigenvalue weighted by Gasteiger charge is 2.29. The van der Waals surface area contributed by atoms with E-state index < -0.39 is 0 Å². The molecular formula is C19H22N2O2S. The molecule has 0 bridgehead atoms. The Morgan fingerprint density at radius 2 is 2.00 bits per heavy atom. The molecule has 1 amide bonds.